The van der Waals surface area contributed by atoms with Crippen LogP contribution in [0.2, 0.25) is 0 Å². The summed E-state index contributed by atoms with van der Waals surface area (Å²) in [5.41, 5.74) is 2.58. The number of halogens is 1. The normalized spacial score (nSPS) is 31.2. The number of benzene rings is 1. The second kappa shape index (κ2) is 5.71. The first-order chi connectivity index (χ1) is 11.2. The van der Waals surface area contributed by atoms with E-state index in [0.717, 1.165) is 13.0 Å². The van der Waals surface area contributed by atoms with Gasteiger partial charge >= 0.3 is 0 Å². The summed E-state index contributed by atoms with van der Waals surface area (Å²) in [6.45, 7) is 1.41. The largest absolute Gasteiger partial charge is 0.331 e. The van der Waals surface area contributed by atoms with Crippen LogP contribution < -0.4 is 0 Å². The Hall–Kier alpha value is -1.75. The number of fused-ring (bicyclic) bond motifs is 3. The maximum atomic E-state index is 12.9. The summed E-state index contributed by atoms with van der Waals surface area (Å²) in [6, 6.07) is 8.06. The standard InChI is InChI=1S/C18H21FN2O2/c19-9-12-7-18(23)21(10-12)16-11-20-6-5-13-3-1-2-4-14(13)15(20)8-17(16)22/h1-4,12,15-16H,5-11H2/t12-,15?,16+/m1/s1. The van der Waals surface area contributed by atoms with Crippen molar-refractivity contribution in [2.45, 2.75) is 31.3 Å². The van der Waals surface area contributed by atoms with Crippen molar-refractivity contribution in [3.8, 4) is 0 Å². The number of piperidine rings is 1. The number of rotatable bonds is 2. The van der Waals surface area contributed by atoms with E-state index >= 15 is 0 Å². The molecule has 2 fully saturated rings. The summed E-state index contributed by atoms with van der Waals surface area (Å²) >= 11 is 0. The van der Waals surface area contributed by atoms with Gasteiger partial charge in [0.15, 0.2) is 5.78 Å². The van der Waals surface area contributed by atoms with Crippen molar-refractivity contribution in [2.75, 3.05) is 26.3 Å². The third-order valence-corrected chi connectivity index (χ3v) is 5.53. The molecule has 5 heteroatoms. The van der Waals surface area contributed by atoms with Gasteiger partial charge in [0.2, 0.25) is 5.91 Å². The topological polar surface area (TPSA) is 40.6 Å². The molecule has 4 nitrogen and oxygen atoms in total. The van der Waals surface area contributed by atoms with Gasteiger partial charge in [0.1, 0.15) is 6.04 Å². The van der Waals surface area contributed by atoms with Crippen LogP contribution in [0.25, 0.3) is 0 Å². The summed E-state index contributed by atoms with van der Waals surface area (Å²) in [7, 11) is 0. The van der Waals surface area contributed by atoms with E-state index in [1.54, 1.807) is 4.90 Å². The highest BCUT2D eigenvalue weighted by Crippen LogP contribution is 2.37. The lowest BCUT2D eigenvalue weighted by Gasteiger charge is -2.44. The number of carbonyl (C=O) groups is 2. The van der Waals surface area contributed by atoms with Crippen LogP contribution in [0.5, 0.6) is 0 Å². The summed E-state index contributed by atoms with van der Waals surface area (Å²) < 4.78 is 12.9. The third kappa shape index (κ3) is 2.47. The minimum absolute atomic E-state index is 0.0677. The summed E-state index contributed by atoms with van der Waals surface area (Å²) in [4.78, 5) is 28.8. The van der Waals surface area contributed by atoms with Crippen LogP contribution in [0.1, 0.15) is 30.0 Å². The zero-order valence-corrected chi connectivity index (χ0v) is 13.1. The molecule has 4 rings (SSSR count). The van der Waals surface area contributed by atoms with Crippen LogP contribution >= 0.6 is 0 Å². The fourth-order valence-electron chi connectivity index (χ4n) is 4.30. The number of ketones is 1. The Morgan fingerprint density at radius 3 is 2.70 bits per heavy atom. The maximum absolute atomic E-state index is 12.9. The Morgan fingerprint density at radius 1 is 1.09 bits per heavy atom. The first kappa shape index (κ1) is 14.8. The smallest absolute Gasteiger partial charge is 0.223 e. The van der Waals surface area contributed by atoms with E-state index in [9.17, 15) is 14.0 Å². The Morgan fingerprint density at radius 2 is 1.91 bits per heavy atom. The van der Waals surface area contributed by atoms with Gasteiger partial charge in [0.25, 0.3) is 0 Å². The lowest BCUT2D eigenvalue weighted by Crippen LogP contribution is -2.56. The average molecular weight is 316 g/mol. The summed E-state index contributed by atoms with van der Waals surface area (Å²) in [5, 5.41) is 0. The first-order valence-electron chi connectivity index (χ1n) is 8.37. The molecule has 0 spiro atoms. The molecule has 0 aromatic heterocycles. The van der Waals surface area contributed by atoms with Crippen molar-refractivity contribution in [3.63, 3.8) is 0 Å². The number of amides is 1. The molecule has 3 aliphatic heterocycles. The highest BCUT2D eigenvalue weighted by atomic mass is 19.1. The molecule has 1 amide bonds. The van der Waals surface area contributed by atoms with Crippen molar-refractivity contribution < 1.29 is 14.0 Å². The highest BCUT2D eigenvalue weighted by Gasteiger charge is 2.44. The van der Waals surface area contributed by atoms with Gasteiger partial charge in [-0.3, -0.25) is 18.9 Å². The Bertz CT molecular complexity index is 648. The molecule has 3 atom stereocenters. The number of hydrogen-bond acceptors (Lipinski definition) is 3. The monoisotopic (exact) mass is 316 g/mol. The Kier molecular flexibility index (Phi) is 3.68. The predicted molar refractivity (Wildman–Crippen MR) is 83.7 cm³/mol. The van der Waals surface area contributed by atoms with Crippen LogP contribution in [-0.4, -0.2) is 53.8 Å². The van der Waals surface area contributed by atoms with Crippen molar-refractivity contribution in [2.24, 2.45) is 5.92 Å². The van der Waals surface area contributed by atoms with Crippen LogP contribution in [-0.2, 0) is 16.0 Å². The number of likely N-dealkylation sites (tertiary alicyclic amines) is 1. The molecular weight excluding hydrogens is 295 g/mol. The van der Waals surface area contributed by atoms with Crippen LogP contribution in [0.15, 0.2) is 24.3 Å². The number of alkyl halides is 1. The summed E-state index contributed by atoms with van der Waals surface area (Å²) in [5.74, 6) is -0.187. The second-order valence-corrected chi connectivity index (χ2v) is 6.92. The minimum Gasteiger partial charge on any atom is -0.331 e. The van der Waals surface area contributed by atoms with Crippen molar-refractivity contribution in [1.29, 1.82) is 0 Å². The van der Waals surface area contributed by atoms with E-state index in [1.807, 2.05) is 12.1 Å². The molecule has 1 aromatic rings. The second-order valence-electron chi connectivity index (χ2n) is 6.92. The highest BCUT2D eigenvalue weighted by molar-refractivity contribution is 5.91. The molecule has 3 heterocycles. The van der Waals surface area contributed by atoms with Crippen molar-refractivity contribution in [1.82, 2.24) is 9.80 Å². The fraction of sp³-hybridized carbons (Fsp3) is 0.556. The van der Waals surface area contributed by atoms with Gasteiger partial charge < -0.3 is 4.90 Å². The number of carbonyl (C=O) groups excluding carboxylic acids is 2. The zero-order valence-electron chi connectivity index (χ0n) is 13.1. The Balaban J connectivity index is 1.55. The van der Waals surface area contributed by atoms with E-state index < -0.39 is 6.67 Å². The van der Waals surface area contributed by atoms with Gasteiger partial charge in [0, 0.05) is 44.4 Å². The van der Waals surface area contributed by atoms with Gasteiger partial charge in [-0.05, 0) is 17.5 Å². The molecule has 1 aromatic carbocycles. The molecular formula is C18H21FN2O2. The Labute approximate surface area is 135 Å². The van der Waals surface area contributed by atoms with Crippen molar-refractivity contribution >= 4 is 11.7 Å². The number of nitrogens with zero attached hydrogens (tertiary/aromatic N) is 2. The van der Waals surface area contributed by atoms with Gasteiger partial charge in [-0.2, -0.15) is 0 Å². The lowest BCUT2D eigenvalue weighted by atomic mass is 9.84. The van der Waals surface area contributed by atoms with Crippen LogP contribution in [0.4, 0.5) is 4.39 Å². The quantitative estimate of drug-likeness (QED) is 0.834. The SMILES string of the molecule is O=C1CC2c3ccccc3CCN2C[C@@H]1N1C[C@@H](CF)CC1=O. The molecule has 0 radical (unpaired) electrons. The molecule has 23 heavy (non-hydrogen) atoms. The molecule has 0 saturated carbocycles. The molecule has 1 unspecified atom stereocenters. The molecule has 0 N–H and O–H groups in total. The van der Waals surface area contributed by atoms with Crippen LogP contribution in [0, 0.1) is 5.92 Å². The predicted octanol–water partition coefficient (Wildman–Crippen LogP) is 1.75. The zero-order chi connectivity index (χ0) is 16.0. The molecule has 122 valence electrons. The maximum Gasteiger partial charge on any atom is 0.223 e. The lowest BCUT2D eigenvalue weighted by molar-refractivity contribution is -0.140. The van der Waals surface area contributed by atoms with Crippen LogP contribution in [0.3, 0.4) is 0 Å². The van der Waals surface area contributed by atoms with E-state index in [-0.39, 0.29) is 36.1 Å². The number of Topliss-reactive ketones (excluding diaryl/α,β-unsaturated/α-hetero) is 1. The van der Waals surface area contributed by atoms with Crippen molar-refractivity contribution in [3.05, 3.63) is 35.4 Å². The van der Waals surface area contributed by atoms with E-state index in [1.165, 1.54) is 11.1 Å². The molecule has 3 aliphatic rings. The van der Waals surface area contributed by atoms with E-state index in [2.05, 4.69) is 17.0 Å². The van der Waals surface area contributed by atoms with Gasteiger partial charge in [-0.25, -0.2) is 0 Å². The molecule has 2 saturated heterocycles. The molecule has 0 aliphatic carbocycles. The third-order valence-electron chi connectivity index (χ3n) is 5.53. The van der Waals surface area contributed by atoms with Gasteiger partial charge in [0.05, 0.1) is 6.67 Å². The van der Waals surface area contributed by atoms with Gasteiger partial charge in [-0.15, -0.1) is 0 Å². The number of hydrogen-bond donors (Lipinski definition) is 0. The fourth-order valence-corrected chi connectivity index (χ4v) is 4.30. The minimum atomic E-state index is -0.483. The van der Waals surface area contributed by atoms with E-state index in [4.69, 9.17) is 0 Å². The van der Waals surface area contributed by atoms with E-state index in [0.29, 0.717) is 19.5 Å². The average Bonchev–Trinajstić information content (AvgIpc) is 2.95. The first-order valence-corrected chi connectivity index (χ1v) is 8.37. The summed E-state index contributed by atoms with van der Waals surface area (Å²) in [6.07, 6.45) is 1.67. The van der Waals surface area contributed by atoms with Gasteiger partial charge in [-0.1, -0.05) is 24.3 Å². The molecule has 0 bridgehead atoms.